The van der Waals surface area contributed by atoms with Crippen LogP contribution in [0.5, 0.6) is 5.75 Å². The van der Waals surface area contributed by atoms with Crippen LogP contribution in [-0.2, 0) is 91.2 Å². The molecule has 38 nitrogen and oxygen atoms in total. The Morgan fingerprint density at radius 3 is 1.87 bits per heavy atom. The molecule has 130 heavy (non-hydrogen) atoms. The van der Waals surface area contributed by atoms with Crippen molar-refractivity contribution >= 4 is 132 Å². The van der Waals surface area contributed by atoms with Crippen LogP contribution in [0.15, 0.2) is 91.1 Å². The first-order valence-corrected chi connectivity index (χ1v) is 46.4. The van der Waals surface area contributed by atoms with Crippen molar-refractivity contribution in [3.8, 4) is 5.75 Å². The molecule has 1 aliphatic rings. The molecule has 0 saturated carbocycles. The van der Waals surface area contributed by atoms with Gasteiger partial charge in [-0.2, -0.15) is 0 Å². The third-order valence-corrected chi connectivity index (χ3v) is 26.4. The van der Waals surface area contributed by atoms with Crippen LogP contribution in [0, 0.1) is 12.8 Å². The average Bonchev–Trinajstić information content (AvgIpc) is 1.78. The van der Waals surface area contributed by atoms with E-state index in [9.17, 15) is 48.3 Å². The van der Waals surface area contributed by atoms with Gasteiger partial charge >= 0.3 is 0 Å². The molecular formula is C90H137N21O17S2. The van der Waals surface area contributed by atoms with Gasteiger partial charge in [0.2, 0.25) is 88.6 Å². The van der Waals surface area contributed by atoms with E-state index >= 15 is 28.8 Å². The van der Waals surface area contributed by atoms with Gasteiger partial charge in [-0.05, 0) is 183 Å². The van der Waals surface area contributed by atoms with Gasteiger partial charge in [0, 0.05) is 98.3 Å². The molecular weight excluding hydrogens is 1710 g/mol. The van der Waals surface area contributed by atoms with Crippen molar-refractivity contribution in [2.24, 2.45) is 40.3 Å². The molecule has 4 aromatic carbocycles. The first-order chi connectivity index (χ1) is 61.5. The molecule has 0 aliphatic carbocycles. The van der Waals surface area contributed by atoms with Crippen LogP contribution in [0.25, 0.3) is 21.7 Å². The molecule has 6 rings (SSSR count). The standard InChI is InChI=1S/C90H137N21O17S2/c1-51(2)41-61(33-36-92)99-50-62(46-71(95)115)102-78(118)66(26-14-18-38-97-54(5)113)108-87(127)90(11,34-16-17-35-91)111-83(123)68(44-57-27-30-58-22-12-13-23-59(58)42-57)104-80(120)67(43-56-28-31-63(32-29-56)128-40-37-93)106-86(126)77-89(9,10)130-129-88(7,8)76(101-55(6)114)85(125)107-70(47-72(96)116)82(122)109-75(53(4)112)84(124)105-69(45-60-49-100-74-52(3)21-20-24-64(60)74)81(121)103-65(79(119)110-77)25-15-19-39-98-73(117)48-94/h12-13,20-24,27-32,42,49,51,53,61-62,65-70,75-77,99-100,112H,14-19,25-26,33-41,43-48,50,91-94H2,1-11H3,(H2,95,115)(H2,96,116)(H,97,113)(H,98,117)(H,101,114)(H,102,118)(H,103,121)(H,104,120)(H,105,124)(H,106,126)(H,107,125)(H,108,127)(H,109,122)(H,110,119)(H,111,123)/t53-,61+,62+,65+,66+,67+,68+,69+,70+,75+,76-,77-,90?/m1/s1. The fraction of sp³-hybridized carbons (Fsp3) is 0.567. The Morgan fingerprint density at radius 2 is 1.22 bits per heavy atom. The highest BCUT2D eigenvalue weighted by atomic mass is 33.1. The molecule has 0 spiro atoms. The molecule has 40 heteroatoms. The predicted octanol–water partition coefficient (Wildman–Crippen LogP) is -0.145. The third kappa shape index (κ3) is 35.0. The Morgan fingerprint density at radius 1 is 0.592 bits per heavy atom. The number of carbonyl (C=O) groups is 15. The van der Waals surface area contributed by atoms with E-state index in [0.717, 1.165) is 58.2 Å². The monoisotopic (exact) mass is 1850 g/mol. The lowest BCUT2D eigenvalue weighted by atomic mass is 9.91. The number of hydrogen-bond acceptors (Lipinski definition) is 24. The molecule has 13 atom stereocenters. The summed E-state index contributed by atoms with van der Waals surface area (Å²) < 4.78 is 2.63. The fourth-order valence-corrected chi connectivity index (χ4v) is 17.9. The van der Waals surface area contributed by atoms with Crippen LogP contribution < -0.4 is 114 Å². The molecule has 28 N–H and O–H groups in total. The number of aliphatic hydroxyl groups excluding tert-OH is 1. The maximum atomic E-state index is 16.4. The second-order valence-electron chi connectivity index (χ2n) is 34.8. The molecule has 5 aromatic rings. The summed E-state index contributed by atoms with van der Waals surface area (Å²) in [5.41, 5.74) is 35.9. The zero-order valence-corrected chi connectivity index (χ0v) is 78.0. The molecule has 1 aliphatic heterocycles. The zero-order chi connectivity index (χ0) is 96.2. The second kappa shape index (κ2) is 52.7. The van der Waals surface area contributed by atoms with Gasteiger partial charge in [-0.1, -0.05) is 108 Å². The molecule has 2 heterocycles. The first-order valence-electron chi connectivity index (χ1n) is 44.2. The number of aromatic amines is 1. The number of H-pyrrole nitrogens is 1. The molecule has 1 saturated heterocycles. The van der Waals surface area contributed by atoms with Gasteiger partial charge in [-0.25, -0.2) is 0 Å². The van der Waals surface area contributed by atoms with Crippen LogP contribution in [-0.4, -0.2) is 239 Å². The first kappa shape index (κ1) is 108. The van der Waals surface area contributed by atoms with Gasteiger partial charge in [-0.3, -0.25) is 71.9 Å². The lowest BCUT2D eigenvalue weighted by Crippen LogP contribution is -2.65. The average molecular weight is 1850 g/mol. The lowest BCUT2D eigenvalue weighted by Gasteiger charge is -2.39. The summed E-state index contributed by atoms with van der Waals surface area (Å²) in [5.74, 6) is -12.5. The number of aliphatic hydroxyl groups is 1. The van der Waals surface area contributed by atoms with Gasteiger partial charge < -0.3 is 124 Å². The number of aryl methyl sites for hydroxylation is 1. The number of nitrogens with two attached hydrogens (primary N) is 6. The van der Waals surface area contributed by atoms with Gasteiger partial charge in [0.05, 0.1) is 25.1 Å². The molecule has 0 radical (unpaired) electrons. The Hall–Kier alpha value is -11.0. The number of nitrogens with one attached hydrogen (secondary N) is 15. The van der Waals surface area contributed by atoms with E-state index in [2.05, 4.69) is 93.3 Å². The maximum Gasteiger partial charge on any atom is 0.246 e. The SMILES string of the molecule is CC(=O)NCCCC[C@H](NC(=O)C(C)(CCCCN)NC(=O)[C@H](Cc1ccc2ccccc2c1)NC(=O)[C@H](Cc1ccc(OCCN)cc1)NC(=O)[C@H]1NC(=O)[C@H](CCCCNC(=O)CN)NC(=O)[C@H](Cc2c[nH]c3c(C)cccc23)NC(=O)[C@H]([C@@H](C)O)NC(=O)[C@H](CC(N)=O)NC(=O)[C@@H](NC(C)=O)C(C)(C)SSC1(C)C)C(=O)N[C@H](CN[C@@H](CCN)CC(C)C)CC(N)=O. The van der Waals surface area contributed by atoms with E-state index in [0.29, 0.717) is 59.2 Å². The topological polar surface area (TPSA) is 626 Å². The third-order valence-electron chi connectivity index (χ3n) is 22.2. The largest absolute Gasteiger partial charge is 0.492 e. The van der Waals surface area contributed by atoms with E-state index in [1.165, 1.54) is 27.7 Å². The number of unbranched alkanes of at least 4 members (excludes halogenated alkanes) is 3. The van der Waals surface area contributed by atoms with E-state index < -0.39 is 171 Å². The van der Waals surface area contributed by atoms with E-state index in [1.807, 2.05) is 49.4 Å². The molecule has 1 unspecified atom stereocenters. The zero-order valence-electron chi connectivity index (χ0n) is 76.4. The van der Waals surface area contributed by atoms with Gasteiger partial charge in [-0.15, -0.1) is 0 Å². The summed E-state index contributed by atoms with van der Waals surface area (Å²) >= 11 is 0. The van der Waals surface area contributed by atoms with E-state index in [4.69, 9.17) is 39.1 Å². The van der Waals surface area contributed by atoms with Crippen molar-refractivity contribution in [1.29, 1.82) is 0 Å². The van der Waals surface area contributed by atoms with Gasteiger partial charge in [0.1, 0.15) is 72.3 Å². The Balaban J connectivity index is 1.54. The van der Waals surface area contributed by atoms with E-state index in [1.54, 1.807) is 62.5 Å². The summed E-state index contributed by atoms with van der Waals surface area (Å²) in [6.07, 6.45) is 0.388. The van der Waals surface area contributed by atoms with Crippen LogP contribution >= 0.6 is 21.6 Å². The summed E-state index contributed by atoms with van der Waals surface area (Å²) in [6, 6.07) is 8.51. The number of rotatable bonds is 47. The molecule has 1 fully saturated rings. The number of primary amides is 2. The number of fused-ring (bicyclic) bond motifs is 2. The minimum atomic E-state index is -1.92. The fourth-order valence-electron chi connectivity index (χ4n) is 15.1. The highest BCUT2D eigenvalue weighted by Crippen LogP contribution is 2.47. The Bertz CT molecular complexity index is 4690. The lowest BCUT2D eigenvalue weighted by molar-refractivity contribution is -0.138. The second-order valence-corrected chi connectivity index (χ2v) is 38.3. The molecule has 1 aromatic heterocycles. The van der Waals surface area contributed by atoms with Crippen molar-refractivity contribution in [2.45, 2.75) is 266 Å². The Labute approximate surface area is 767 Å². The summed E-state index contributed by atoms with van der Waals surface area (Å²) in [6.45, 7) is 18.1. The number of aromatic nitrogens is 1. The van der Waals surface area contributed by atoms with Crippen LogP contribution in [0.1, 0.15) is 175 Å². The van der Waals surface area contributed by atoms with E-state index in [-0.39, 0.29) is 134 Å². The van der Waals surface area contributed by atoms with Crippen molar-refractivity contribution in [3.05, 3.63) is 113 Å². The van der Waals surface area contributed by atoms with Crippen LogP contribution in [0.2, 0.25) is 0 Å². The number of benzene rings is 4. The summed E-state index contributed by atoms with van der Waals surface area (Å²) in [4.78, 5) is 221. The maximum absolute atomic E-state index is 16.4. The minimum absolute atomic E-state index is 0.00931. The minimum Gasteiger partial charge on any atom is -0.492 e. The van der Waals surface area contributed by atoms with Crippen molar-refractivity contribution in [3.63, 3.8) is 0 Å². The highest BCUT2D eigenvalue weighted by molar-refractivity contribution is 8.77. The smallest absolute Gasteiger partial charge is 0.246 e. The predicted molar refractivity (Wildman–Crippen MR) is 500 cm³/mol. The highest BCUT2D eigenvalue weighted by Gasteiger charge is 2.47. The van der Waals surface area contributed by atoms with Gasteiger partial charge in [0.25, 0.3) is 0 Å². The number of amides is 15. The summed E-state index contributed by atoms with van der Waals surface area (Å²) in [5, 5.41) is 52.8. The quantitative estimate of drug-likeness (QED) is 0.0178. The molecule has 15 amide bonds. The number of carbonyl (C=O) groups excluding carboxylic acids is 15. The van der Waals surface area contributed by atoms with Crippen molar-refractivity contribution in [1.82, 2.24) is 79.4 Å². The normalized spacial score (nSPS) is 19.4. The number of hydrogen-bond donors (Lipinski definition) is 22. The summed E-state index contributed by atoms with van der Waals surface area (Å²) in [7, 11) is 1.85. The number of para-hydroxylation sites is 1. The molecule has 0 bridgehead atoms. The van der Waals surface area contributed by atoms with Crippen molar-refractivity contribution in [2.75, 3.05) is 52.4 Å². The van der Waals surface area contributed by atoms with Crippen LogP contribution in [0.3, 0.4) is 0 Å². The number of ether oxygens (including phenoxy) is 1. The molecule has 716 valence electrons. The van der Waals surface area contributed by atoms with Crippen LogP contribution in [0.4, 0.5) is 0 Å². The van der Waals surface area contributed by atoms with Crippen molar-refractivity contribution < 1.29 is 81.8 Å². The Kier molecular flexibility index (Phi) is 43.7. The van der Waals surface area contributed by atoms with Gasteiger partial charge in [0.15, 0.2) is 0 Å².